The largest absolute Gasteiger partial charge is 0.414 e. The predicted molar refractivity (Wildman–Crippen MR) is 84.1 cm³/mol. The van der Waals surface area contributed by atoms with Crippen molar-refractivity contribution in [1.82, 2.24) is 0 Å². The summed E-state index contributed by atoms with van der Waals surface area (Å²) in [6.07, 6.45) is 1.04. The van der Waals surface area contributed by atoms with Crippen LogP contribution in [0.3, 0.4) is 0 Å². The molecule has 0 saturated heterocycles. The molecular formula is C16H28O2Si. The van der Waals surface area contributed by atoms with E-state index in [-0.39, 0.29) is 11.1 Å². The van der Waals surface area contributed by atoms with Gasteiger partial charge in [0.15, 0.2) is 8.32 Å². The minimum Gasteiger partial charge on any atom is -0.414 e. The Morgan fingerprint density at radius 3 is 2.16 bits per heavy atom. The number of hydrogen-bond acceptors (Lipinski definition) is 2. The van der Waals surface area contributed by atoms with Crippen LogP contribution in [0.1, 0.15) is 26.3 Å². The van der Waals surface area contributed by atoms with Crippen LogP contribution in [0.5, 0.6) is 0 Å². The van der Waals surface area contributed by atoms with Crippen LogP contribution in [0.4, 0.5) is 0 Å². The van der Waals surface area contributed by atoms with Crippen LogP contribution in [0, 0.1) is 0 Å². The van der Waals surface area contributed by atoms with Crippen molar-refractivity contribution < 1.29 is 9.16 Å². The van der Waals surface area contributed by atoms with Crippen molar-refractivity contribution in [1.29, 1.82) is 0 Å². The Bertz CT molecular complexity index is 368. The van der Waals surface area contributed by atoms with Crippen LogP contribution in [-0.2, 0) is 15.6 Å². The first kappa shape index (κ1) is 16.4. The quantitative estimate of drug-likeness (QED) is 0.725. The average molecular weight is 280 g/mol. The van der Waals surface area contributed by atoms with E-state index in [0.29, 0.717) is 6.61 Å². The second kappa shape index (κ2) is 6.68. The molecule has 0 bridgehead atoms. The van der Waals surface area contributed by atoms with Crippen molar-refractivity contribution in [3.8, 4) is 0 Å². The summed E-state index contributed by atoms with van der Waals surface area (Å²) in [5.74, 6) is 0. The highest BCUT2D eigenvalue weighted by Gasteiger charge is 2.37. The van der Waals surface area contributed by atoms with Crippen LogP contribution >= 0.6 is 0 Å². The van der Waals surface area contributed by atoms with Crippen molar-refractivity contribution in [2.45, 2.75) is 51.4 Å². The van der Waals surface area contributed by atoms with E-state index in [9.17, 15) is 0 Å². The Labute approximate surface area is 119 Å². The van der Waals surface area contributed by atoms with Gasteiger partial charge in [0, 0.05) is 13.5 Å². The van der Waals surface area contributed by atoms with E-state index < -0.39 is 8.32 Å². The minimum atomic E-state index is -1.68. The smallest absolute Gasteiger partial charge is 0.192 e. The molecule has 1 aromatic rings. The molecule has 0 aliphatic heterocycles. The maximum absolute atomic E-state index is 6.23. The summed E-state index contributed by atoms with van der Waals surface area (Å²) in [5.41, 5.74) is 1.30. The van der Waals surface area contributed by atoms with Crippen molar-refractivity contribution in [2.24, 2.45) is 0 Å². The van der Waals surface area contributed by atoms with Crippen molar-refractivity contribution in [3.63, 3.8) is 0 Å². The Kier molecular flexibility index (Phi) is 5.77. The third-order valence-electron chi connectivity index (χ3n) is 4.08. The second-order valence-corrected chi connectivity index (χ2v) is 11.4. The molecule has 0 radical (unpaired) electrons. The maximum Gasteiger partial charge on any atom is 0.192 e. The lowest BCUT2D eigenvalue weighted by molar-refractivity contribution is 0.0535. The molecule has 0 fully saturated rings. The molecule has 0 unspecified atom stereocenters. The zero-order valence-corrected chi connectivity index (χ0v) is 14.2. The Hall–Kier alpha value is -0.643. The highest BCUT2D eigenvalue weighted by Crippen LogP contribution is 2.36. The van der Waals surface area contributed by atoms with Crippen LogP contribution in [-0.4, -0.2) is 28.1 Å². The van der Waals surface area contributed by atoms with Gasteiger partial charge in [-0.1, -0.05) is 51.1 Å². The van der Waals surface area contributed by atoms with Gasteiger partial charge in [0.1, 0.15) is 0 Å². The SMILES string of the molecule is CO[C@H](CO[Si](C)(C)C(C)(C)C)Cc1ccccc1. The van der Waals surface area contributed by atoms with Gasteiger partial charge in [-0.25, -0.2) is 0 Å². The summed E-state index contributed by atoms with van der Waals surface area (Å²) in [4.78, 5) is 0. The number of methoxy groups -OCH3 is 1. The zero-order valence-electron chi connectivity index (χ0n) is 13.2. The first-order valence-corrected chi connectivity index (χ1v) is 9.88. The molecule has 3 heteroatoms. The maximum atomic E-state index is 6.23. The fourth-order valence-electron chi connectivity index (χ4n) is 1.61. The molecule has 1 rings (SSSR count). The lowest BCUT2D eigenvalue weighted by Crippen LogP contribution is -2.43. The zero-order chi connectivity index (χ0) is 14.5. The van der Waals surface area contributed by atoms with E-state index in [1.807, 2.05) is 6.07 Å². The molecule has 0 saturated carbocycles. The normalized spacial score (nSPS) is 14.4. The van der Waals surface area contributed by atoms with E-state index in [4.69, 9.17) is 9.16 Å². The molecule has 0 amide bonds. The summed E-state index contributed by atoms with van der Waals surface area (Å²) < 4.78 is 11.8. The highest BCUT2D eigenvalue weighted by molar-refractivity contribution is 6.74. The molecule has 0 aromatic heterocycles. The fourth-order valence-corrected chi connectivity index (χ4v) is 2.64. The minimum absolute atomic E-state index is 0.136. The van der Waals surface area contributed by atoms with Crippen molar-refractivity contribution in [3.05, 3.63) is 35.9 Å². The second-order valence-electron chi connectivity index (χ2n) is 6.62. The fraction of sp³-hybridized carbons (Fsp3) is 0.625. The van der Waals surface area contributed by atoms with Crippen molar-refractivity contribution in [2.75, 3.05) is 13.7 Å². The molecule has 0 heterocycles. The monoisotopic (exact) mass is 280 g/mol. The van der Waals surface area contributed by atoms with Gasteiger partial charge in [0.25, 0.3) is 0 Å². The van der Waals surface area contributed by atoms with Gasteiger partial charge in [-0.05, 0) is 23.7 Å². The third kappa shape index (κ3) is 5.09. The highest BCUT2D eigenvalue weighted by atomic mass is 28.4. The van der Waals surface area contributed by atoms with Crippen LogP contribution in [0.25, 0.3) is 0 Å². The first-order valence-electron chi connectivity index (χ1n) is 6.97. The molecular weight excluding hydrogens is 252 g/mol. The van der Waals surface area contributed by atoms with E-state index in [2.05, 4.69) is 58.1 Å². The Morgan fingerprint density at radius 2 is 1.68 bits per heavy atom. The van der Waals surface area contributed by atoms with Gasteiger partial charge in [-0.15, -0.1) is 0 Å². The van der Waals surface area contributed by atoms with Crippen molar-refractivity contribution >= 4 is 8.32 Å². The molecule has 1 atom stereocenters. The van der Waals surface area contributed by atoms with Gasteiger partial charge in [0.2, 0.25) is 0 Å². The van der Waals surface area contributed by atoms with Gasteiger partial charge >= 0.3 is 0 Å². The number of rotatable bonds is 6. The molecule has 0 aliphatic carbocycles. The first-order chi connectivity index (χ1) is 8.76. The predicted octanol–water partition coefficient (Wildman–Crippen LogP) is 4.27. The summed E-state index contributed by atoms with van der Waals surface area (Å²) in [6, 6.07) is 10.4. The van der Waals surface area contributed by atoms with E-state index in [1.165, 1.54) is 5.56 Å². The lowest BCUT2D eigenvalue weighted by Gasteiger charge is -2.37. The molecule has 19 heavy (non-hydrogen) atoms. The Morgan fingerprint density at radius 1 is 1.11 bits per heavy atom. The van der Waals surface area contributed by atoms with Gasteiger partial charge in [-0.2, -0.15) is 0 Å². The molecule has 0 spiro atoms. The summed E-state index contributed by atoms with van der Waals surface area (Å²) in [5, 5.41) is 0.248. The molecule has 2 nitrogen and oxygen atoms in total. The summed E-state index contributed by atoms with van der Waals surface area (Å²) >= 11 is 0. The van der Waals surface area contributed by atoms with E-state index >= 15 is 0 Å². The molecule has 108 valence electrons. The Balaban J connectivity index is 2.54. The van der Waals surface area contributed by atoms with Gasteiger partial charge in [0.05, 0.1) is 12.7 Å². The van der Waals surface area contributed by atoms with E-state index in [0.717, 1.165) is 6.42 Å². The van der Waals surface area contributed by atoms with Gasteiger partial charge in [-0.3, -0.25) is 0 Å². The van der Waals surface area contributed by atoms with Crippen LogP contribution in [0.2, 0.25) is 18.1 Å². The number of hydrogen-bond donors (Lipinski definition) is 0. The van der Waals surface area contributed by atoms with Crippen LogP contribution in [0.15, 0.2) is 30.3 Å². The molecule has 0 N–H and O–H groups in total. The standard InChI is InChI=1S/C16H28O2Si/c1-16(2,3)19(5,6)18-13-15(17-4)12-14-10-8-7-9-11-14/h7-11,15H,12-13H2,1-6H3/t15-/m0/s1. The topological polar surface area (TPSA) is 18.5 Å². The molecule has 0 aliphatic rings. The third-order valence-corrected chi connectivity index (χ3v) is 8.58. The average Bonchev–Trinajstić information content (AvgIpc) is 2.34. The van der Waals surface area contributed by atoms with Crippen LogP contribution < -0.4 is 0 Å². The molecule has 1 aromatic carbocycles. The summed E-state index contributed by atoms with van der Waals surface area (Å²) in [7, 11) is 0.0853. The van der Waals surface area contributed by atoms with E-state index in [1.54, 1.807) is 7.11 Å². The lowest BCUT2D eigenvalue weighted by atomic mass is 10.1. The number of benzene rings is 1. The number of ether oxygens (including phenoxy) is 1. The summed E-state index contributed by atoms with van der Waals surface area (Å²) in [6.45, 7) is 12.0. The van der Waals surface area contributed by atoms with Gasteiger partial charge < -0.3 is 9.16 Å².